The number of carbonyl (C=O) groups excluding carboxylic acids is 7. The Balaban J connectivity index is 2.31. The molecule has 2 rings (SSSR count). The maximum Gasteiger partial charge on any atom is 0.408 e. The summed E-state index contributed by atoms with van der Waals surface area (Å²) in [6.45, 7) is 20.0. The van der Waals surface area contributed by atoms with E-state index in [1.807, 2.05) is 58.0 Å². The first-order valence-electron chi connectivity index (χ1n) is 23.0. The molecular formula is C48H80N6O11. The zero-order valence-corrected chi connectivity index (χ0v) is 41.9. The normalized spacial score (nSPS) is 18.2. The molecular weight excluding hydrogens is 837 g/mol. The van der Waals surface area contributed by atoms with Crippen LogP contribution in [0.2, 0.25) is 0 Å². The topological polar surface area (TPSA) is 202 Å². The minimum absolute atomic E-state index is 0.0747. The van der Waals surface area contributed by atoms with Crippen molar-refractivity contribution in [2.75, 3.05) is 42.0 Å². The van der Waals surface area contributed by atoms with Gasteiger partial charge in [-0.15, -0.1) is 0 Å². The molecule has 0 radical (unpaired) electrons. The summed E-state index contributed by atoms with van der Waals surface area (Å²) in [5, 5.41) is 8.32. The van der Waals surface area contributed by atoms with Crippen molar-refractivity contribution in [2.24, 2.45) is 23.7 Å². The molecule has 1 fully saturated rings. The largest absolute Gasteiger partial charge is 0.467 e. The van der Waals surface area contributed by atoms with Crippen molar-refractivity contribution in [2.45, 2.75) is 162 Å². The molecule has 3 N–H and O–H groups in total. The van der Waals surface area contributed by atoms with Crippen molar-refractivity contribution in [3.63, 3.8) is 0 Å². The Morgan fingerprint density at radius 3 is 1.92 bits per heavy atom. The Kier molecular flexibility index (Phi) is 22.4. The van der Waals surface area contributed by atoms with Gasteiger partial charge in [0.2, 0.25) is 29.5 Å². The first kappa shape index (κ1) is 56.4. The van der Waals surface area contributed by atoms with Crippen LogP contribution in [0.5, 0.6) is 0 Å². The van der Waals surface area contributed by atoms with Gasteiger partial charge in [0.1, 0.15) is 29.8 Å². The van der Waals surface area contributed by atoms with Crippen molar-refractivity contribution in [1.29, 1.82) is 0 Å². The molecule has 368 valence electrons. The number of hydrogen-bond donors (Lipinski definition) is 3. The van der Waals surface area contributed by atoms with Crippen LogP contribution < -0.4 is 16.0 Å². The minimum Gasteiger partial charge on any atom is -0.467 e. The molecule has 1 aliphatic rings. The number of likely N-dealkylation sites (N-methyl/N-ethyl adjacent to an activating group) is 2. The Hall–Kier alpha value is -4.77. The van der Waals surface area contributed by atoms with Gasteiger partial charge in [-0.3, -0.25) is 24.0 Å². The number of carbonyl (C=O) groups is 7. The zero-order chi connectivity index (χ0) is 49.5. The number of likely N-dealkylation sites (tertiary alicyclic amines) is 1. The first-order valence-corrected chi connectivity index (χ1v) is 23.0. The summed E-state index contributed by atoms with van der Waals surface area (Å²) in [5.41, 5.74) is 0.0793. The summed E-state index contributed by atoms with van der Waals surface area (Å²) in [5.74, 6) is -4.27. The van der Waals surface area contributed by atoms with E-state index in [1.165, 1.54) is 40.2 Å². The maximum atomic E-state index is 14.6. The lowest BCUT2D eigenvalue weighted by Gasteiger charge is -2.41. The quantitative estimate of drug-likeness (QED) is 0.132. The van der Waals surface area contributed by atoms with Crippen molar-refractivity contribution in [3.8, 4) is 0 Å². The van der Waals surface area contributed by atoms with Crippen molar-refractivity contribution < 1.29 is 52.5 Å². The fourth-order valence-corrected chi connectivity index (χ4v) is 8.68. The van der Waals surface area contributed by atoms with Crippen LogP contribution in [0.4, 0.5) is 4.79 Å². The lowest BCUT2D eigenvalue weighted by molar-refractivity contribution is -0.149. The third kappa shape index (κ3) is 16.0. The summed E-state index contributed by atoms with van der Waals surface area (Å²) >= 11 is 0. The van der Waals surface area contributed by atoms with Gasteiger partial charge in [-0.2, -0.15) is 0 Å². The van der Waals surface area contributed by atoms with Gasteiger partial charge in [-0.05, 0) is 63.9 Å². The summed E-state index contributed by atoms with van der Waals surface area (Å²) in [6, 6.07) is 4.35. The second kappa shape index (κ2) is 25.8. The molecule has 6 amide bonds. The maximum absolute atomic E-state index is 14.6. The average Bonchev–Trinajstić information content (AvgIpc) is 3.73. The van der Waals surface area contributed by atoms with Gasteiger partial charge in [-0.1, -0.05) is 85.2 Å². The number of rotatable bonds is 23. The third-order valence-corrected chi connectivity index (χ3v) is 12.3. The molecule has 0 saturated carbocycles. The molecule has 17 heteroatoms. The number of nitrogens with one attached hydrogen (secondary N) is 3. The van der Waals surface area contributed by atoms with E-state index in [9.17, 15) is 33.6 Å². The van der Waals surface area contributed by atoms with Crippen LogP contribution >= 0.6 is 0 Å². The van der Waals surface area contributed by atoms with Gasteiger partial charge in [0.05, 0.1) is 43.7 Å². The lowest BCUT2D eigenvalue weighted by Crippen LogP contribution is -2.61. The highest BCUT2D eigenvalue weighted by molar-refractivity contribution is 5.94. The number of methoxy groups -OCH3 is 3. The highest BCUT2D eigenvalue weighted by atomic mass is 16.6. The molecule has 1 aromatic rings. The van der Waals surface area contributed by atoms with Crippen LogP contribution in [0, 0.1) is 23.7 Å². The number of hydrogen-bond acceptors (Lipinski definition) is 11. The van der Waals surface area contributed by atoms with E-state index in [4.69, 9.17) is 18.9 Å². The van der Waals surface area contributed by atoms with E-state index < -0.39 is 89.8 Å². The van der Waals surface area contributed by atoms with Crippen LogP contribution in [0.3, 0.4) is 0 Å². The van der Waals surface area contributed by atoms with Crippen LogP contribution in [-0.4, -0.2) is 152 Å². The Labute approximate surface area is 387 Å². The van der Waals surface area contributed by atoms with E-state index in [-0.39, 0.29) is 42.4 Å². The molecule has 1 saturated heterocycles. The van der Waals surface area contributed by atoms with Gasteiger partial charge in [0.25, 0.3) is 0 Å². The fraction of sp³-hybridized carbons (Fsp3) is 0.729. The van der Waals surface area contributed by atoms with Crippen LogP contribution in [-0.2, 0) is 54.1 Å². The Morgan fingerprint density at radius 1 is 0.800 bits per heavy atom. The molecule has 65 heavy (non-hydrogen) atoms. The van der Waals surface area contributed by atoms with Gasteiger partial charge >= 0.3 is 12.1 Å². The van der Waals surface area contributed by atoms with Gasteiger partial charge < -0.3 is 49.6 Å². The Morgan fingerprint density at radius 2 is 1.42 bits per heavy atom. The predicted octanol–water partition coefficient (Wildman–Crippen LogP) is 4.34. The van der Waals surface area contributed by atoms with Crippen molar-refractivity contribution in [3.05, 3.63) is 35.9 Å². The van der Waals surface area contributed by atoms with E-state index in [1.54, 1.807) is 58.4 Å². The Bertz CT molecular complexity index is 1740. The van der Waals surface area contributed by atoms with Gasteiger partial charge in [0.15, 0.2) is 0 Å². The summed E-state index contributed by atoms with van der Waals surface area (Å²) < 4.78 is 22.3. The molecule has 10 atom stereocenters. The van der Waals surface area contributed by atoms with E-state index >= 15 is 0 Å². The van der Waals surface area contributed by atoms with E-state index in [0.29, 0.717) is 25.8 Å². The minimum atomic E-state index is -1.00. The molecule has 1 heterocycles. The zero-order valence-electron chi connectivity index (χ0n) is 41.9. The SMILES string of the molecule is CC[C@H](C)[C@@H]([C@@H](CC(=O)N1CCC[C@H]1[C@H](OC)[C@@H](C)C(=O)N[C@@H](Cc1ccccc1)C(=O)OC)OC)N(C)C(=O)[C@@H](NC(=O)[C@H](C(C)C)N(C)C(=O)[C@@H](C)NC(=O)OC(C)(C)C)C(C)C. The molecule has 1 aromatic carbocycles. The van der Waals surface area contributed by atoms with Crippen LogP contribution in [0.25, 0.3) is 0 Å². The summed E-state index contributed by atoms with van der Waals surface area (Å²) in [6.07, 6.45) is -0.132. The van der Waals surface area contributed by atoms with E-state index in [0.717, 1.165) is 5.56 Å². The van der Waals surface area contributed by atoms with Crippen molar-refractivity contribution >= 4 is 41.6 Å². The number of esters is 1. The molecule has 0 aromatic heterocycles. The highest BCUT2D eigenvalue weighted by Crippen LogP contribution is 2.30. The number of ether oxygens (including phenoxy) is 4. The second-order valence-electron chi connectivity index (χ2n) is 19.1. The second-order valence-corrected chi connectivity index (χ2v) is 19.1. The molecule has 0 aliphatic carbocycles. The standard InChI is InChI=1S/C48H80N6O11/c1-17-30(6)40(53(13)45(59)38(28(2)3)51-43(57)39(29(4)5)52(12)44(58)32(8)49-47(61)65-48(9,10)11)36(62-14)27-37(55)54-25-21-24-35(54)41(63-15)31(7)42(56)50-34(46(60)64-16)26-33-22-19-18-20-23-33/h18-20,22-23,28-32,34-36,38-41H,17,21,24-27H2,1-16H3,(H,49,61)(H,50,56)(H,51,57)/t30-,31+,32+,34-,35-,36+,38-,39-,40-,41+/m0/s1. The van der Waals surface area contributed by atoms with Gasteiger partial charge in [-0.25, -0.2) is 9.59 Å². The summed E-state index contributed by atoms with van der Waals surface area (Å²) in [7, 11) is 7.42. The average molecular weight is 917 g/mol. The number of nitrogens with zero attached hydrogens (tertiary/aromatic N) is 3. The van der Waals surface area contributed by atoms with Crippen LogP contribution in [0.1, 0.15) is 107 Å². The highest BCUT2D eigenvalue weighted by Gasteiger charge is 2.44. The number of alkyl carbamates (subject to hydrolysis) is 1. The van der Waals surface area contributed by atoms with E-state index in [2.05, 4.69) is 16.0 Å². The molecule has 0 spiro atoms. The fourth-order valence-electron chi connectivity index (χ4n) is 8.68. The first-order chi connectivity index (χ1) is 30.3. The number of amides is 6. The van der Waals surface area contributed by atoms with Crippen molar-refractivity contribution in [1.82, 2.24) is 30.7 Å². The monoisotopic (exact) mass is 917 g/mol. The number of benzene rings is 1. The third-order valence-electron chi connectivity index (χ3n) is 12.3. The smallest absolute Gasteiger partial charge is 0.408 e. The molecule has 0 unspecified atom stereocenters. The summed E-state index contributed by atoms with van der Waals surface area (Å²) in [4.78, 5) is 100. The predicted molar refractivity (Wildman–Crippen MR) is 247 cm³/mol. The lowest BCUT2D eigenvalue weighted by atomic mass is 9.89. The van der Waals surface area contributed by atoms with Gasteiger partial charge in [0, 0.05) is 41.3 Å². The molecule has 1 aliphatic heterocycles. The molecule has 17 nitrogen and oxygen atoms in total. The van der Waals surface area contributed by atoms with Crippen LogP contribution in [0.15, 0.2) is 30.3 Å². The molecule has 0 bridgehead atoms.